The van der Waals surface area contributed by atoms with Crippen molar-refractivity contribution in [3.05, 3.63) is 76.3 Å². The summed E-state index contributed by atoms with van der Waals surface area (Å²) in [5.74, 6) is 1.18. The van der Waals surface area contributed by atoms with Crippen molar-refractivity contribution in [3.63, 3.8) is 0 Å². The summed E-state index contributed by atoms with van der Waals surface area (Å²) in [6.07, 6.45) is 4.24. The average Bonchev–Trinajstić information content (AvgIpc) is 3.23. The Morgan fingerprint density at radius 1 is 1.08 bits per heavy atom. The number of benzene rings is 2. The first-order valence-corrected chi connectivity index (χ1v) is 8.81. The van der Waals surface area contributed by atoms with Crippen LogP contribution in [0.2, 0.25) is 0 Å². The van der Waals surface area contributed by atoms with Crippen LogP contribution in [-0.4, -0.2) is 26.9 Å². The number of fused-ring (bicyclic) bond motifs is 1. The van der Waals surface area contributed by atoms with E-state index >= 15 is 0 Å². The van der Waals surface area contributed by atoms with E-state index in [9.17, 15) is 4.39 Å². The smallest absolute Gasteiger partial charge is 0.234 e. The zero-order chi connectivity index (χ0) is 17.9. The minimum Gasteiger partial charge on any atom is -0.497 e. The summed E-state index contributed by atoms with van der Waals surface area (Å²) >= 11 is 1.43. The van der Waals surface area contributed by atoms with Crippen LogP contribution in [-0.2, 0) is 6.42 Å². The van der Waals surface area contributed by atoms with Gasteiger partial charge in [-0.3, -0.25) is 0 Å². The molecule has 2 aromatic heterocycles. The minimum atomic E-state index is -0.251. The van der Waals surface area contributed by atoms with E-state index in [1.165, 1.54) is 17.4 Å². The summed E-state index contributed by atoms with van der Waals surface area (Å²) in [5, 5.41) is 13.6. The summed E-state index contributed by atoms with van der Waals surface area (Å²) in [6, 6.07) is 14.4. The molecule has 0 N–H and O–H groups in total. The van der Waals surface area contributed by atoms with Crippen molar-refractivity contribution in [1.82, 2.24) is 19.8 Å². The molecule has 130 valence electrons. The largest absolute Gasteiger partial charge is 0.497 e. The van der Waals surface area contributed by atoms with Gasteiger partial charge in [-0.25, -0.2) is 4.39 Å². The third-order valence-electron chi connectivity index (χ3n) is 3.91. The number of hydrogen-bond donors (Lipinski definition) is 0. The number of rotatable bonds is 5. The Morgan fingerprint density at radius 3 is 2.65 bits per heavy atom. The van der Waals surface area contributed by atoms with Crippen LogP contribution in [0.25, 0.3) is 17.1 Å². The van der Waals surface area contributed by atoms with E-state index in [-0.39, 0.29) is 5.82 Å². The molecule has 0 aliphatic carbocycles. The number of aromatic nitrogens is 4. The van der Waals surface area contributed by atoms with Gasteiger partial charge in [0.05, 0.1) is 7.11 Å². The van der Waals surface area contributed by atoms with E-state index in [2.05, 4.69) is 15.3 Å². The van der Waals surface area contributed by atoms with Gasteiger partial charge in [0.1, 0.15) is 16.6 Å². The van der Waals surface area contributed by atoms with E-state index < -0.39 is 0 Å². The van der Waals surface area contributed by atoms with Crippen LogP contribution in [0.1, 0.15) is 22.0 Å². The van der Waals surface area contributed by atoms with Gasteiger partial charge in [-0.05, 0) is 35.4 Å². The van der Waals surface area contributed by atoms with Gasteiger partial charge >= 0.3 is 0 Å². The Balaban J connectivity index is 1.57. The van der Waals surface area contributed by atoms with Crippen LogP contribution >= 0.6 is 11.3 Å². The standard InChI is InChI=1S/C19H15FN4OS/c1-25-15-9-6-13(7-10-15)8-11-18-23-24-17(21-22-19(24)26-18)12-14-4-2-3-5-16(14)20/h2-11H,12H2,1H3. The van der Waals surface area contributed by atoms with E-state index in [1.54, 1.807) is 29.8 Å². The van der Waals surface area contributed by atoms with Crippen LogP contribution in [0.15, 0.2) is 48.5 Å². The molecule has 5 nitrogen and oxygen atoms in total. The third kappa shape index (κ3) is 3.34. The Hall–Kier alpha value is -3.06. The highest BCUT2D eigenvalue weighted by Gasteiger charge is 2.12. The monoisotopic (exact) mass is 366 g/mol. The van der Waals surface area contributed by atoms with E-state index in [4.69, 9.17) is 4.74 Å². The fraction of sp³-hybridized carbons (Fsp3) is 0.105. The molecule has 0 amide bonds. The normalized spacial score (nSPS) is 11.5. The molecule has 4 aromatic rings. The van der Waals surface area contributed by atoms with Gasteiger partial charge in [0, 0.05) is 6.42 Å². The number of nitrogens with zero attached hydrogens (tertiary/aromatic N) is 4. The molecule has 7 heteroatoms. The lowest BCUT2D eigenvalue weighted by atomic mass is 10.1. The number of halogens is 1. The van der Waals surface area contributed by atoms with Crippen LogP contribution in [0.4, 0.5) is 4.39 Å². The zero-order valence-corrected chi connectivity index (χ0v) is 14.8. The predicted molar refractivity (Wildman–Crippen MR) is 99.8 cm³/mol. The molecule has 4 rings (SSSR count). The van der Waals surface area contributed by atoms with Crippen LogP contribution < -0.4 is 4.74 Å². The van der Waals surface area contributed by atoms with Gasteiger partial charge in [-0.15, -0.1) is 10.2 Å². The van der Waals surface area contributed by atoms with Crippen molar-refractivity contribution >= 4 is 28.4 Å². The van der Waals surface area contributed by atoms with Crippen LogP contribution in [0, 0.1) is 5.82 Å². The van der Waals surface area contributed by atoms with Crippen molar-refractivity contribution in [1.29, 1.82) is 0 Å². The maximum absolute atomic E-state index is 13.9. The van der Waals surface area contributed by atoms with Crippen LogP contribution in [0.3, 0.4) is 0 Å². The fourth-order valence-corrected chi connectivity index (χ4v) is 3.30. The van der Waals surface area contributed by atoms with E-state index in [1.807, 2.05) is 36.4 Å². The fourth-order valence-electron chi connectivity index (χ4n) is 2.54. The van der Waals surface area contributed by atoms with Gasteiger partial charge in [0.25, 0.3) is 0 Å². The molecule has 0 radical (unpaired) electrons. The average molecular weight is 366 g/mol. The molecule has 0 fully saturated rings. The first kappa shape index (κ1) is 16.4. The molecule has 2 aromatic carbocycles. The van der Waals surface area contributed by atoms with Gasteiger partial charge in [0.2, 0.25) is 4.96 Å². The van der Waals surface area contributed by atoms with E-state index in [0.29, 0.717) is 22.8 Å². The lowest BCUT2D eigenvalue weighted by Crippen LogP contribution is -1.99. The molecule has 0 saturated carbocycles. The summed E-state index contributed by atoms with van der Waals surface area (Å²) < 4.78 is 20.7. The Morgan fingerprint density at radius 2 is 1.88 bits per heavy atom. The van der Waals surface area contributed by atoms with Gasteiger partial charge in [-0.1, -0.05) is 47.7 Å². The summed E-state index contributed by atoms with van der Waals surface area (Å²) in [7, 11) is 1.64. The van der Waals surface area contributed by atoms with Crippen molar-refractivity contribution in [2.24, 2.45) is 0 Å². The Labute approximate surface area is 153 Å². The quantitative estimate of drug-likeness (QED) is 0.534. The maximum Gasteiger partial charge on any atom is 0.234 e. The van der Waals surface area contributed by atoms with Crippen molar-refractivity contribution in [2.75, 3.05) is 7.11 Å². The zero-order valence-electron chi connectivity index (χ0n) is 14.0. The predicted octanol–water partition coefficient (Wildman–Crippen LogP) is 4.09. The molecule has 0 unspecified atom stereocenters. The molecular formula is C19H15FN4OS. The number of methoxy groups -OCH3 is 1. The topological polar surface area (TPSA) is 52.3 Å². The second kappa shape index (κ2) is 7.05. The molecule has 2 heterocycles. The van der Waals surface area contributed by atoms with Gasteiger partial charge in [-0.2, -0.15) is 9.61 Å². The van der Waals surface area contributed by atoms with E-state index in [0.717, 1.165) is 16.3 Å². The lowest BCUT2D eigenvalue weighted by molar-refractivity contribution is 0.415. The first-order chi connectivity index (χ1) is 12.7. The van der Waals surface area contributed by atoms with Gasteiger partial charge < -0.3 is 4.74 Å². The minimum absolute atomic E-state index is 0.251. The second-order valence-corrected chi connectivity index (χ2v) is 6.61. The number of hydrogen-bond acceptors (Lipinski definition) is 5. The highest BCUT2D eigenvalue weighted by molar-refractivity contribution is 7.17. The molecule has 0 aliphatic heterocycles. The Bertz CT molecular complexity index is 1070. The third-order valence-corrected chi connectivity index (χ3v) is 4.78. The Kier molecular flexibility index (Phi) is 4.45. The number of ether oxygens (including phenoxy) is 1. The molecule has 0 bridgehead atoms. The molecule has 26 heavy (non-hydrogen) atoms. The first-order valence-electron chi connectivity index (χ1n) is 7.99. The van der Waals surface area contributed by atoms with Crippen LogP contribution in [0.5, 0.6) is 5.75 Å². The lowest BCUT2D eigenvalue weighted by Gasteiger charge is -1.99. The SMILES string of the molecule is COc1ccc(C=Cc2nn3c(Cc4ccccc4F)nnc3s2)cc1. The maximum atomic E-state index is 13.9. The summed E-state index contributed by atoms with van der Waals surface area (Å²) in [4.78, 5) is 0.686. The summed E-state index contributed by atoms with van der Waals surface area (Å²) in [5.41, 5.74) is 1.62. The second-order valence-electron chi connectivity index (χ2n) is 5.63. The molecule has 0 saturated heterocycles. The van der Waals surface area contributed by atoms with Gasteiger partial charge in [0.15, 0.2) is 5.82 Å². The van der Waals surface area contributed by atoms with Crippen molar-refractivity contribution in [3.8, 4) is 5.75 Å². The highest BCUT2D eigenvalue weighted by atomic mass is 32.1. The molecule has 0 spiro atoms. The molecular weight excluding hydrogens is 351 g/mol. The molecule has 0 atom stereocenters. The van der Waals surface area contributed by atoms with Crippen molar-refractivity contribution in [2.45, 2.75) is 6.42 Å². The van der Waals surface area contributed by atoms with Crippen molar-refractivity contribution < 1.29 is 9.13 Å². The molecule has 0 aliphatic rings. The summed E-state index contributed by atoms with van der Waals surface area (Å²) in [6.45, 7) is 0. The highest BCUT2D eigenvalue weighted by Crippen LogP contribution is 2.20.